The fourth-order valence-corrected chi connectivity index (χ4v) is 10.8. The molecule has 2 aromatic rings. The molecule has 2 atom stereocenters. The van der Waals surface area contributed by atoms with Gasteiger partial charge in [-0.2, -0.15) is 0 Å². The molecular weight excluding hydrogens is 1030 g/mol. The smallest absolute Gasteiger partial charge is 0.487 e. The monoisotopic (exact) mass is 1080 g/mol. The van der Waals surface area contributed by atoms with Crippen LogP contribution in [0.25, 0.3) is 0 Å². The van der Waals surface area contributed by atoms with E-state index in [-0.39, 0.29) is 18.3 Å². The van der Waals surface area contributed by atoms with Gasteiger partial charge in [0, 0.05) is 21.2 Å². The van der Waals surface area contributed by atoms with E-state index in [1.807, 2.05) is 55.2 Å². The molecule has 6 radical (unpaired) electrons. The molecule has 14 heteroatoms. The van der Waals surface area contributed by atoms with Gasteiger partial charge in [-0.05, 0) is 42.5 Å². The molecule has 0 aliphatic heterocycles. The number of amides is 1. The van der Waals surface area contributed by atoms with E-state index in [1.165, 1.54) is 5.01 Å². The number of nitrogens with zero attached hydrogens (tertiary/aromatic N) is 2. The van der Waals surface area contributed by atoms with E-state index < -0.39 is 8.15 Å². The quantitative estimate of drug-likeness (QED) is 0.0187. The predicted molar refractivity (Wildman–Crippen MR) is 204 cm³/mol. The minimum Gasteiger partial charge on any atom is -0.487 e. The van der Waals surface area contributed by atoms with Crippen molar-refractivity contribution in [3.05, 3.63) is 114 Å². The molecule has 9 N–H and O–H groups in total. The van der Waals surface area contributed by atoms with Gasteiger partial charge in [-0.25, -0.2) is 0 Å². The van der Waals surface area contributed by atoms with Crippen LogP contribution in [-0.2, 0) is 11.3 Å². The summed E-state index contributed by atoms with van der Waals surface area (Å²) in [5.74, 6) is 6.94. The number of carbonyl (C=O) groups excluding carboxylic acids is 1. The third kappa shape index (κ3) is 18.2. The summed E-state index contributed by atoms with van der Waals surface area (Å²) in [5.41, 5.74) is 10.1. The van der Waals surface area contributed by atoms with Crippen molar-refractivity contribution in [3.8, 4) is 5.75 Å². The number of carbonyl (C=O) groups is 1. The van der Waals surface area contributed by atoms with E-state index in [2.05, 4.69) is 51.5 Å². The van der Waals surface area contributed by atoms with Crippen LogP contribution in [-0.4, -0.2) is 120 Å². The average molecular weight is 1080 g/mol. The van der Waals surface area contributed by atoms with Crippen LogP contribution in [0.15, 0.2) is 103 Å². The Hall–Kier alpha value is -2.02. The molecule has 11 nitrogen and oxygen atoms in total. The second-order valence-electron chi connectivity index (χ2n) is 11.3. The standard InChI is InChI=1S/C35H53N8O3P.2Pb/c1-6-38-21-12-7-8-13-22-39-28(2)33(20-23-40-34(44)26-42(3)4)43(37)25-31(36)27-46-32-18-16-30(17-19-32)35(47(5)45)41-24-29-14-10-9-11-15-29;;/h6,9-11,14-20,25,35,38-39,41,45H,1-4,7-8,12-13,21-24,26-27,36-37H2,5H3,(H,40,44);;/b31-25-,33-20-;;. The fourth-order valence-electron chi connectivity index (χ4n) is 4.68. The number of nitrogens with two attached hydrogens (primary N) is 2. The summed E-state index contributed by atoms with van der Waals surface area (Å²) in [7, 11) is -1.26. The Morgan fingerprint density at radius 3 is 2.35 bits per heavy atom. The molecule has 0 spiro atoms. The summed E-state index contributed by atoms with van der Waals surface area (Å²) in [6.07, 6.45) is 9.47. The van der Waals surface area contributed by atoms with E-state index in [0.717, 1.165) is 110 Å². The minimum atomic E-state index is -1.26. The first-order valence-electron chi connectivity index (χ1n) is 16.4. The molecule has 0 aliphatic carbocycles. The van der Waals surface area contributed by atoms with Crippen molar-refractivity contribution >= 4 is 65.6 Å². The number of unbranched alkanes of at least 4 members (excludes halogenated alkanes) is 3. The molecule has 0 aromatic heterocycles. The molecule has 0 bridgehead atoms. The van der Waals surface area contributed by atoms with Crippen LogP contribution in [0, 0.1) is 0 Å². The van der Waals surface area contributed by atoms with Crippen molar-refractivity contribution in [3.63, 3.8) is 0 Å². The SMILES string of the molecule is C=CNCCCCCCNC(=C)/C(=C/CNC(=O)CN([CH2][Pb])[CH2][Pb])N(N)/C=C(\N)COc1ccc(C(NCc2ccccc2)P(C)O)cc1. The summed E-state index contributed by atoms with van der Waals surface area (Å²) >= 11 is 2.07. The van der Waals surface area contributed by atoms with Crippen LogP contribution in [0.2, 0.25) is 0 Å². The Balaban J connectivity index is 2.00. The summed E-state index contributed by atoms with van der Waals surface area (Å²) in [4.78, 5) is 25.2. The summed E-state index contributed by atoms with van der Waals surface area (Å²) in [6.45, 7) is 12.9. The van der Waals surface area contributed by atoms with Crippen molar-refractivity contribution in [2.75, 3.05) is 47.7 Å². The molecule has 0 saturated heterocycles. The van der Waals surface area contributed by atoms with Gasteiger partial charge in [0.2, 0.25) is 0 Å². The minimum absolute atomic E-state index is 0.0160. The van der Waals surface area contributed by atoms with Crippen LogP contribution in [0.5, 0.6) is 5.75 Å². The first-order valence-corrected chi connectivity index (χ1v) is 23.7. The summed E-state index contributed by atoms with van der Waals surface area (Å²) in [6, 6.07) is 17.8. The number of hydrogen-bond donors (Lipinski definition) is 7. The Kier molecular flexibility index (Phi) is 22.8. The third-order valence-corrected chi connectivity index (χ3v) is 12.1. The Bertz CT molecular complexity index is 1310. The van der Waals surface area contributed by atoms with Gasteiger partial charge >= 0.3 is 171 Å². The van der Waals surface area contributed by atoms with Gasteiger partial charge in [-0.15, -0.1) is 0 Å². The average Bonchev–Trinajstić information content (AvgIpc) is 3.10. The topological polar surface area (TPSA) is 153 Å². The van der Waals surface area contributed by atoms with E-state index >= 15 is 0 Å². The van der Waals surface area contributed by atoms with Crippen LogP contribution in [0.4, 0.5) is 0 Å². The number of rotatable bonds is 26. The molecule has 2 rings (SSSR count). The zero-order valence-corrected chi connectivity index (χ0v) is 37.3. The first-order chi connectivity index (χ1) is 23.7. The van der Waals surface area contributed by atoms with E-state index in [0.29, 0.717) is 42.5 Å². The molecule has 264 valence electrons. The Morgan fingerprint density at radius 1 is 1.04 bits per heavy atom. The molecule has 0 heterocycles. The van der Waals surface area contributed by atoms with Crippen LogP contribution in [0.3, 0.4) is 0 Å². The maximum atomic E-state index is 12.5. The fraction of sp³-hybridized carbons (Fsp3) is 0.400. The van der Waals surface area contributed by atoms with Crippen molar-refractivity contribution in [1.29, 1.82) is 0 Å². The van der Waals surface area contributed by atoms with Gasteiger partial charge in [0.15, 0.2) is 0 Å². The molecule has 0 saturated carbocycles. The van der Waals surface area contributed by atoms with Gasteiger partial charge in [-0.1, -0.05) is 61.9 Å². The van der Waals surface area contributed by atoms with Crippen molar-refractivity contribution < 1.29 is 14.4 Å². The van der Waals surface area contributed by atoms with Crippen LogP contribution >= 0.6 is 8.15 Å². The van der Waals surface area contributed by atoms with E-state index in [9.17, 15) is 9.69 Å². The second-order valence-corrected chi connectivity index (χ2v) is 15.5. The molecular formula is C35H53N8O3PPb2. The molecule has 2 aromatic carbocycles. The Morgan fingerprint density at radius 2 is 1.71 bits per heavy atom. The predicted octanol–water partition coefficient (Wildman–Crippen LogP) is 2.80. The molecule has 1 amide bonds. The van der Waals surface area contributed by atoms with Crippen molar-refractivity contribution in [1.82, 2.24) is 31.2 Å². The van der Waals surface area contributed by atoms with Crippen LogP contribution < -0.4 is 37.6 Å². The van der Waals surface area contributed by atoms with Crippen molar-refractivity contribution in [2.45, 2.75) is 38.0 Å². The van der Waals surface area contributed by atoms with Gasteiger partial charge in [0.25, 0.3) is 0 Å². The third-order valence-electron chi connectivity index (χ3n) is 7.35. The zero-order valence-electron chi connectivity index (χ0n) is 28.7. The first kappa shape index (κ1) is 43.1. The van der Waals surface area contributed by atoms with Gasteiger partial charge < -0.3 is 20.3 Å². The Labute approximate surface area is 326 Å². The summed E-state index contributed by atoms with van der Waals surface area (Å²) in [5, 5.41) is 14.4. The van der Waals surface area contributed by atoms with E-state index in [1.54, 1.807) is 12.4 Å². The number of hydrazine groups is 1. The number of hydrogen-bond acceptors (Lipinski definition) is 10. The molecule has 49 heavy (non-hydrogen) atoms. The van der Waals surface area contributed by atoms with Gasteiger partial charge in [-0.3, -0.25) is 0 Å². The summed E-state index contributed by atoms with van der Waals surface area (Å²) < 4.78 is 7.91. The zero-order chi connectivity index (χ0) is 35.9. The van der Waals surface area contributed by atoms with Crippen molar-refractivity contribution in [2.24, 2.45) is 11.6 Å². The normalized spacial score (nSPS) is 13.0. The van der Waals surface area contributed by atoms with E-state index in [4.69, 9.17) is 16.3 Å². The van der Waals surface area contributed by atoms with Gasteiger partial charge in [0.05, 0.1) is 5.78 Å². The van der Waals surface area contributed by atoms with Crippen LogP contribution in [0.1, 0.15) is 42.6 Å². The van der Waals surface area contributed by atoms with Gasteiger partial charge in [0.1, 0.15) is 5.75 Å². The maximum absolute atomic E-state index is 12.5. The number of ether oxygens (including phenoxy) is 1. The molecule has 2 unspecified atom stereocenters. The molecule has 0 fully saturated rings. The number of nitrogens with one attached hydrogen (secondary N) is 4. The number of benzene rings is 2. The second kappa shape index (κ2) is 25.9. The molecule has 0 aliphatic rings.